The molecular formula is C46H45N3O10. The van der Waals surface area contributed by atoms with Gasteiger partial charge in [-0.15, -0.1) is 6.58 Å². The summed E-state index contributed by atoms with van der Waals surface area (Å²) in [5, 5.41) is 21.9. The van der Waals surface area contributed by atoms with Crippen LogP contribution in [-0.4, -0.2) is 91.7 Å². The molecule has 3 heterocycles. The van der Waals surface area contributed by atoms with Gasteiger partial charge in [-0.05, 0) is 52.6 Å². The van der Waals surface area contributed by atoms with Crippen molar-refractivity contribution in [1.29, 1.82) is 0 Å². The second-order valence-electron chi connectivity index (χ2n) is 14.2. The van der Waals surface area contributed by atoms with E-state index < -0.39 is 59.4 Å². The Labute approximate surface area is 342 Å². The predicted molar refractivity (Wildman–Crippen MR) is 216 cm³/mol. The number of amides is 3. The van der Waals surface area contributed by atoms with E-state index in [2.05, 4.69) is 23.7 Å². The Morgan fingerprint density at radius 1 is 0.881 bits per heavy atom. The number of nitrogens with zero attached hydrogens (tertiary/aromatic N) is 2. The Kier molecular flexibility index (Phi) is 12.5. The average molecular weight is 800 g/mol. The second-order valence-corrected chi connectivity index (χ2v) is 14.2. The van der Waals surface area contributed by atoms with Crippen LogP contribution in [0, 0.1) is 17.8 Å². The number of aliphatic hydroxyl groups is 2. The van der Waals surface area contributed by atoms with Crippen molar-refractivity contribution < 1.29 is 48.3 Å². The largest absolute Gasteiger partial charge is 0.491 e. The summed E-state index contributed by atoms with van der Waals surface area (Å²) in [5.74, 6) is 2.77. The zero-order chi connectivity index (χ0) is 41.5. The van der Waals surface area contributed by atoms with Gasteiger partial charge in [-0.3, -0.25) is 19.3 Å². The summed E-state index contributed by atoms with van der Waals surface area (Å²) in [6.07, 6.45) is -0.211. The molecular weight excluding hydrogens is 755 g/mol. The lowest BCUT2D eigenvalue weighted by molar-refractivity contribution is -0.178. The smallest absolute Gasteiger partial charge is 0.421 e. The van der Waals surface area contributed by atoms with Gasteiger partial charge < -0.3 is 34.5 Å². The fourth-order valence-electron chi connectivity index (χ4n) is 8.66. The van der Waals surface area contributed by atoms with E-state index in [-0.39, 0.29) is 57.3 Å². The van der Waals surface area contributed by atoms with E-state index in [0.717, 1.165) is 10.5 Å². The van der Waals surface area contributed by atoms with Crippen molar-refractivity contribution in [2.24, 2.45) is 5.92 Å². The highest BCUT2D eigenvalue weighted by Crippen LogP contribution is 2.66. The lowest BCUT2D eigenvalue weighted by Crippen LogP contribution is -2.55. The molecule has 7 rings (SSSR count). The summed E-state index contributed by atoms with van der Waals surface area (Å²) >= 11 is 0. The van der Waals surface area contributed by atoms with Gasteiger partial charge in [0.1, 0.15) is 36.5 Å². The van der Waals surface area contributed by atoms with Crippen LogP contribution >= 0.6 is 0 Å². The lowest BCUT2D eigenvalue weighted by Gasteiger charge is -2.46. The number of methoxy groups -OCH3 is 1. The van der Waals surface area contributed by atoms with Gasteiger partial charge in [0.15, 0.2) is 0 Å². The number of morpholine rings is 1. The highest BCUT2D eigenvalue weighted by Gasteiger charge is 2.75. The standard InChI is InChI=1S/C46H45N3O10/c1-3-23-47-42(52)37-39-43(53)59-40(32-15-8-5-9-16-32)38(31-13-6-4-7-14-31)49(39)41(33-18-20-34(21-19-33)57-26-25-51)46(37)35-29-30(12-10-11-24-50)17-22-36(35)48(44(46)54)45(55)58-28-27-56-2/h3-9,13-22,29,37-41,50-51H,1,11,23-28H2,2H3,(H,47,52)/t37-,38-,39-,40+,41+,46-/m1/s1. The van der Waals surface area contributed by atoms with Gasteiger partial charge in [0.05, 0.1) is 43.5 Å². The maximum absolute atomic E-state index is 16.0. The van der Waals surface area contributed by atoms with Gasteiger partial charge >= 0.3 is 12.1 Å². The van der Waals surface area contributed by atoms with E-state index in [4.69, 9.17) is 18.9 Å². The molecule has 0 saturated carbocycles. The number of cyclic esters (lactones) is 1. The third-order valence-corrected chi connectivity index (χ3v) is 10.9. The van der Waals surface area contributed by atoms with Crippen LogP contribution < -0.4 is 15.0 Å². The first-order valence-electron chi connectivity index (χ1n) is 19.4. The third kappa shape index (κ3) is 7.48. The molecule has 0 unspecified atom stereocenters. The number of carbonyl (C=O) groups excluding carboxylic acids is 4. The Morgan fingerprint density at radius 2 is 1.59 bits per heavy atom. The van der Waals surface area contributed by atoms with Crippen molar-refractivity contribution in [1.82, 2.24) is 10.2 Å². The van der Waals surface area contributed by atoms with Gasteiger partial charge in [0, 0.05) is 25.6 Å². The zero-order valence-electron chi connectivity index (χ0n) is 32.5. The number of aliphatic hydroxyl groups excluding tert-OH is 2. The van der Waals surface area contributed by atoms with E-state index in [1.807, 2.05) is 65.6 Å². The molecule has 0 aromatic heterocycles. The quantitative estimate of drug-likeness (QED) is 0.0753. The van der Waals surface area contributed by atoms with Crippen LogP contribution in [0.2, 0.25) is 0 Å². The van der Waals surface area contributed by atoms with Crippen LogP contribution in [0.25, 0.3) is 0 Å². The molecule has 3 N–H and O–H groups in total. The van der Waals surface area contributed by atoms with Gasteiger partial charge in [0.25, 0.3) is 0 Å². The van der Waals surface area contributed by atoms with Gasteiger partial charge in [-0.2, -0.15) is 0 Å². The third-order valence-electron chi connectivity index (χ3n) is 10.9. The predicted octanol–water partition coefficient (Wildman–Crippen LogP) is 4.54. The molecule has 1 spiro atoms. The molecule has 6 atom stereocenters. The van der Waals surface area contributed by atoms with Gasteiger partial charge in [-0.1, -0.05) is 90.7 Å². The highest BCUT2D eigenvalue weighted by atomic mass is 16.6. The molecule has 304 valence electrons. The second kappa shape index (κ2) is 18.1. The summed E-state index contributed by atoms with van der Waals surface area (Å²) in [5.41, 5.74) is 0.852. The highest BCUT2D eigenvalue weighted by molar-refractivity contribution is 6.23. The molecule has 13 heteroatoms. The number of anilines is 1. The first kappa shape index (κ1) is 40.9. The van der Waals surface area contributed by atoms with Crippen molar-refractivity contribution in [2.75, 3.05) is 51.6 Å². The van der Waals surface area contributed by atoms with Crippen LogP contribution in [-0.2, 0) is 34.0 Å². The van der Waals surface area contributed by atoms with E-state index in [1.54, 1.807) is 42.5 Å². The van der Waals surface area contributed by atoms with Crippen LogP contribution in [0.1, 0.15) is 52.4 Å². The number of hydrogen-bond acceptors (Lipinski definition) is 11. The van der Waals surface area contributed by atoms with Crippen LogP contribution in [0.5, 0.6) is 5.75 Å². The molecule has 3 amide bonds. The zero-order valence-corrected chi connectivity index (χ0v) is 32.5. The Morgan fingerprint density at radius 3 is 2.25 bits per heavy atom. The van der Waals surface area contributed by atoms with Crippen molar-refractivity contribution in [3.8, 4) is 17.6 Å². The number of esters is 1. The minimum absolute atomic E-state index is 0.0139. The Balaban J connectivity index is 1.57. The number of hydrogen-bond donors (Lipinski definition) is 3. The first-order valence-corrected chi connectivity index (χ1v) is 19.4. The Hall–Kier alpha value is -6.30. The minimum atomic E-state index is -1.99. The number of benzene rings is 4. The van der Waals surface area contributed by atoms with Crippen molar-refractivity contribution in [2.45, 2.75) is 36.1 Å². The summed E-state index contributed by atoms with van der Waals surface area (Å²) in [6.45, 7) is 3.35. The molecule has 2 fully saturated rings. The summed E-state index contributed by atoms with van der Waals surface area (Å²) in [4.78, 5) is 63.0. The number of fused-ring (bicyclic) bond motifs is 3. The molecule has 13 nitrogen and oxygen atoms in total. The molecule has 4 aromatic rings. The molecule has 0 radical (unpaired) electrons. The molecule has 4 aromatic carbocycles. The lowest BCUT2D eigenvalue weighted by atomic mass is 9.65. The van der Waals surface area contributed by atoms with Crippen molar-refractivity contribution in [3.63, 3.8) is 0 Å². The van der Waals surface area contributed by atoms with Crippen LogP contribution in [0.15, 0.2) is 116 Å². The summed E-state index contributed by atoms with van der Waals surface area (Å²) in [6, 6.07) is 27.3. The molecule has 3 aliphatic heterocycles. The number of rotatable bonds is 13. The molecule has 3 aliphatic rings. The number of carbonyl (C=O) groups is 4. The monoisotopic (exact) mass is 799 g/mol. The van der Waals surface area contributed by atoms with E-state index >= 15 is 9.59 Å². The number of imide groups is 1. The maximum atomic E-state index is 16.0. The number of nitrogens with one attached hydrogen (secondary N) is 1. The van der Waals surface area contributed by atoms with Gasteiger partial charge in [-0.25, -0.2) is 9.69 Å². The van der Waals surface area contributed by atoms with Crippen molar-refractivity contribution >= 4 is 29.6 Å². The molecule has 0 bridgehead atoms. The SMILES string of the molecule is C=CCNC(=O)[C@H]1[C@@H]2C(=O)O[C@@H](c3ccccc3)[C@@H](c3ccccc3)N2[C@@H](c2ccc(OCCO)cc2)[C@]12C(=O)N(C(=O)OCCOC)c1ccc(C#CCCO)cc12. The molecule has 2 saturated heterocycles. The maximum Gasteiger partial charge on any atom is 0.421 e. The Bertz CT molecular complexity index is 2240. The van der Waals surface area contributed by atoms with Crippen LogP contribution in [0.3, 0.4) is 0 Å². The van der Waals surface area contributed by atoms with Gasteiger partial charge in [0.2, 0.25) is 11.8 Å². The first-order chi connectivity index (χ1) is 28.8. The summed E-state index contributed by atoms with van der Waals surface area (Å²) < 4.78 is 22.9. The fourth-order valence-corrected chi connectivity index (χ4v) is 8.66. The van der Waals surface area contributed by atoms with Crippen molar-refractivity contribution in [3.05, 3.63) is 144 Å². The van der Waals surface area contributed by atoms with E-state index in [1.165, 1.54) is 13.2 Å². The normalized spacial score (nSPS) is 23.1. The topological polar surface area (TPSA) is 164 Å². The molecule has 0 aliphatic carbocycles. The fraction of sp³-hybridized carbons (Fsp3) is 0.304. The van der Waals surface area contributed by atoms with E-state index in [0.29, 0.717) is 22.4 Å². The van der Waals surface area contributed by atoms with E-state index in [9.17, 15) is 19.8 Å². The average Bonchev–Trinajstić information content (AvgIpc) is 3.72. The van der Waals surface area contributed by atoms with Crippen LogP contribution in [0.4, 0.5) is 10.5 Å². The molecule has 59 heavy (non-hydrogen) atoms. The number of ether oxygens (including phenoxy) is 4. The summed E-state index contributed by atoms with van der Waals surface area (Å²) in [7, 11) is 1.45. The minimum Gasteiger partial charge on any atom is -0.491 e.